The fourth-order valence-electron chi connectivity index (χ4n) is 1.88. The monoisotopic (exact) mass is 246 g/mol. The molecule has 0 unspecified atom stereocenters. The Morgan fingerprint density at radius 1 is 1.44 bits per heavy atom. The average Bonchev–Trinajstić information content (AvgIpc) is 2.66. The van der Waals surface area contributed by atoms with Gasteiger partial charge in [0.2, 0.25) is 10.0 Å². The van der Waals surface area contributed by atoms with Gasteiger partial charge in [0.25, 0.3) is 0 Å². The van der Waals surface area contributed by atoms with Gasteiger partial charge in [0.05, 0.1) is 18.4 Å². The van der Waals surface area contributed by atoms with Gasteiger partial charge in [-0.25, -0.2) is 8.42 Å². The SMILES string of the molecule is CCOCCS(=O)(=O)NC1(C#N)CCCC1. The number of nitrogens with one attached hydrogen (secondary N) is 1. The number of nitrogens with zero attached hydrogens (tertiary/aromatic N) is 1. The highest BCUT2D eigenvalue weighted by molar-refractivity contribution is 7.89. The minimum Gasteiger partial charge on any atom is -0.381 e. The van der Waals surface area contributed by atoms with Crippen LogP contribution in [0.3, 0.4) is 0 Å². The Kier molecular flexibility index (Phi) is 4.71. The second kappa shape index (κ2) is 5.62. The van der Waals surface area contributed by atoms with Crippen molar-refractivity contribution in [3.8, 4) is 6.07 Å². The first-order valence-corrected chi connectivity index (χ1v) is 7.19. The fraction of sp³-hybridized carbons (Fsp3) is 0.900. The normalized spacial score (nSPS) is 19.5. The van der Waals surface area contributed by atoms with Crippen LogP contribution in [0.25, 0.3) is 0 Å². The van der Waals surface area contributed by atoms with Crippen molar-refractivity contribution in [2.45, 2.75) is 38.1 Å². The van der Waals surface area contributed by atoms with Crippen molar-refractivity contribution >= 4 is 10.0 Å². The van der Waals surface area contributed by atoms with Crippen LogP contribution in [-0.4, -0.2) is 32.9 Å². The number of rotatable bonds is 6. The van der Waals surface area contributed by atoms with Crippen molar-refractivity contribution in [1.29, 1.82) is 5.26 Å². The molecule has 0 radical (unpaired) electrons. The zero-order valence-electron chi connectivity index (χ0n) is 9.53. The lowest BCUT2D eigenvalue weighted by Crippen LogP contribution is -2.46. The minimum absolute atomic E-state index is 0.0791. The van der Waals surface area contributed by atoms with E-state index in [-0.39, 0.29) is 12.4 Å². The van der Waals surface area contributed by atoms with Crippen LogP contribution in [0.4, 0.5) is 0 Å². The predicted molar refractivity (Wildman–Crippen MR) is 60.2 cm³/mol. The molecular formula is C10H18N2O3S. The lowest BCUT2D eigenvalue weighted by molar-refractivity contribution is 0.163. The molecular weight excluding hydrogens is 228 g/mol. The van der Waals surface area contributed by atoms with E-state index >= 15 is 0 Å². The quantitative estimate of drug-likeness (QED) is 0.702. The third kappa shape index (κ3) is 3.74. The molecule has 0 aromatic carbocycles. The van der Waals surface area contributed by atoms with Gasteiger partial charge >= 0.3 is 0 Å². The summed E-state index contributed by atoms with van der Waals surface area (Å²) in [5, 5.41) is 9.04. The molecule has 1 saturated carbocycles. The van der Waals surface area contributed by atoms with Crippen LogP contribution in [0.15, 0.2) is 0 Å². The van der Waals surface area contributed by atoms with Crippen LogP contribution in [-0.2, 0) is 14.8 Å². The molecule has 0 heterocycles. The molecule has 1 rings (SSSR count). The molecule has 0 atom stereocenters. The Balaban J connectivity index is 2.54. The molecule has 5 nitrogen and oxygen atoms in total. The maximum absolute atomic E-state index is 11.7. The van der Waals surface area contributed by atoms with Gasteiger partial charge in [-0.05, 0) is 19.8 Å². The molecule has 0 amide bonds. The van der Waals surface area contributed by atoms with Crippen molar-refractivity contribution in [2.75, 3.05) is 19.0 Å². The molecule has 1 N–H and O–H groups in total. The summed E-state index contributed by atoms with van der Waals surface area (Å²) >= 11 is 0. The van der Waals surface area contributed by atoms with Gasteiger partial charge in [0.15, 0.2) is 0 Å². The molecule has 6 heteroatoms. The van der Waals surface area contributed by atoms with Crippen molar-refractivity contribution in [3.05, 3.63) is 0 Å². The van der Waals surface area contributed by atoms with Gasteiger partial charge in [0, 0.05) is 6.61 Å². The summed E-state index contributed by atoms with van der Waals surface area (Å²) in [6, 6.07) is 2.09. The number of hydrogen-bond donors (Lipinski definition) is 1. The van der Waals surface area contributed by atoms with Crippen LogP contribution in [0.5, 0.6) is 0 Å². The first-order chi connectivity index (χ1) is 7.54. The first kappa shape index (κ1) is 13.4. The highest BCUT2D eigenvalue weighted by Crippen LogP contribution is 2.29. The van der Waals surface area contributed by atoms with E-state index in [1.807, 2.05) is 6.92 Å². The van der Waals surface area contributed by atoms with Gasteiger partial charge < -0.3 is 4.74 Å². The molecule has 1 fully saturated rings. The Bertz CT molecular complexity index is 353. The Labute approximate surface area is 96.8 Å². The maximum atomic E-state index is 11.7. The first-order valence-electron chi connectivity index (χ1n) is 5.54. The summed E-state index contributed by atoms with van der Waals surface area (Å²) in [6.45, 7) is 2.49. The number of ether oxygens (including phenoxy) is 1. The largest absolute Gasteiger partial charge is 0.381 e. The van der Waals surface area contributed by atoms with Crippen LogP contribution >= 0.6 is 0 Å². The van der Waals surface area contributed by atoms with Gasteiger partial charge in [0.1, 0.15) is 5.54 Å². The van der Waals surface area contributed by atoms with Crippen molar-refractivity contribution in [1.82, 2.24) is 4.72 Å². The zero-order valence-corrected chi connectivity index (χ0v) is 10.3. The molecule has 1 aliphatic carbocycles. The molecule has 0 aromatic heterocycles. The summed E-state index contributed by atoms with van der Waals surface area (Å²) < 4.78 is 30.9. The van der Waals surface area contributed by atoms with E-state index in [0.717, 1.165) is 12.8 Å². The Morgan fingerprint density at radius 3 is 2.56 bits per heavy atom. The lowest BCUT2D eigenvalue weighted by atomic mass is 10.0. The van der Waals surface area contributed by atoms with E-state index in [1.165, 1.54) is 0 Å². The van der Waals surface area contributed by atoms with Gasteiger partial charge in [-0.3, -0.25) is 0 Å². The Hall–Kier alpha value is -0.640. The van der Waals surface area contributed by atoms with E-state index in [2.05, 4.69) is 10.8 Å². The fourth-order valence-corrected chi connectivity index (χ4v) is 3.16. The minimum atomic E-state index is -3.41. The van der Waals surface area contributed by atoms with Gasteiger partial charge in [-0.15, -0.1) is 0 Å². The summed E-state index contributed by atoms with van der Waals surface area (Å²) in [5.41, 5.74) is -0.870. The second-order valence-electron chi connectivity index (χ2n) is 4.02. The average molecular weight is 246 g/mol. The van der Waals surface area contributed by atoms with Crippen LogP contribution in [0.1, 0.15) is 32.6 Å². The van der Waals surface area contributed by atoms with Crippen molar-refractivity contribution in [2.24, 2.45) is 0 Å². The van der Waals surface area contributed by atoms with Crippen LogP contribution in [0, 0.1) is 11.3 Å². The van der Waals surface area contributed by atoms with E-state index in [0.29, 0.717) is 19.4 Å². The van der Waals surface area contributed by atoms with E-state index < -0.39 is 15.6 Å². The van der Waals surface area contributed by atoms with Crippen LogP contribution in [0.2, 0.25) is 0 Å². The van der Waals surface area contributed by atoms with Crippen molar-refractivity contribution in [3.63, 3.8) is 0 Å². The van der Waals surface area contributed by atoms with Crippen molar-refractivity contribution < 1.29 is 13.2 Å². The molecule has 0 aliphatic heterocycles. The molecule has 0 saturated heterocycles. The van der Waals surface area contributed by atoms with Crippen LogP contribution < -0.4 is 4.72 Å². The topological polar surface area (TPSA) is 79.2 Å². The highest BCUT2D eigenvalue weighted by atomic mass is 32.2. The predicted octanol–water partition coefficient (Wildman–Crippen LogP) is 0.779. The summed E-state index contributed by atoms with van der Waals surface area (Å²) in [6.07, 6.45) is 3.03. The summed E-state index contributed by atoms with van der Waals surface area (Å²) in [7, 11) is -3.41. The summed E-state index contributed by atoms with van der Waals surface area (Å²) in [4.78, 5) is 0. The molecule has 0 aromatic rings. The summed E-state index contributed by atoms with van der Waals surface area (Å²) in [5.74, 6) is -0.0791. The van der Waals surface area contributed by atoms with E-state index in [1.54, 1.807) is 0 Å². The third-order valence-electron chi connectivity index (χ3n) is 2.72. The smallest absolute Gasteiger partial charge is 0.215 e. The third-order valence-corrected chi connectivity index (χ3v) is 4.13. The zero-order chi connectivity index (χ0) is 12.1. The number of hydrogen-bond acceptors (Lipinski definition) is 4. The highest BCUT2D eigenvalue weighted by Gasteiger charge is 2.37. The molecule has 0 spiro atoms. The van der Waals surface area contributed by atoms with Gasteiger partial charge in [-0.1, -0.05) is 12.8 Å². The lowest BCUT2D eigenvalue weighted by Gasteiger charge is -2.21. The Morgan fingerprint density at radius 2 is 2.06 bits per heavy atom. The molecule has 16 heavy (non-hydrogen) atoms. The number of nitriles is 1. The van der Waals surface area contributed by atoms with Gasteiger partial charge in [-0.2, -0.15) is 9.98 Å². The molecule has 0 bridgehead atoms. The number of sulfonamides is 1. The van der Waals surface area contributed by atoms with E-state index in [9.17, 15) is 8.42 Å². The maximum Gasteiger partial charge on any atom is 0.215 e. The standard InChI is InChI=1S/C10H18N2O3S/c1-2-15-7-8-16(13,14)12-10(9-11)5-3-4-6-10/h12H,2-8H2,1H3. The van der Waals surface area contributed by atoms with E-state index in [4.69, 9.17) is 10.00 Å². The molecule has 92 valence electrons. The molecule has 1 aliphatic rings. The second-order valence-corrected chi connectivity index (χ2v) is 5.86.